The summed E-state index contributed by atoms with van der Waals surface area (Å²) in [5, 5.41) is 8.70. The Labute approximate surface area is 137 Å². The van der Waals surface area contributed by atoms with E-state index in [0.29, 0.717) is 19.2 Å². The molecule has 1 saturated heterocycles. The molecule has 128 valence electrons. The normalized spacial score (nSPS) is 21.8. The van der Waals surface area contributed by atoms with Gasteiger partial charge in [-0.05, 0) is 40.2 Å². The highest BCUT2D eigenvalue weighted by Gasteiger charge is 2.30. The number of amides is 1. The molecule has 0 aromatic carbocycles. The molecular formula is C16H27N5O2. The monoisotopic (exact) mass is 321 g/mol. The Morgan fingerprint density at radius 3 is 2.87 bits per heavy atom. The van der Waals surface area contributed by atoms with Crippen molar-refractivity contribution in [2.75, 3.05) is 20.2 Å². The molecule has 0 spiro atoms. The molecule has 2 aliphatic rings. The van der Waals surface area contributed by atoms with Gasteiger partial charge >= 0.3 is 0 Å². The molecule has 7 nitrogen and oxygen atoms in total. The van der Waals surface area contributed by atoms with Crippen LogP contribution < -0.4 is 0 Å². The summed E-state index contributed by atoms with van der Waals surface area (Å²) in [6.07, 6.45) is 2.50. The lowest BCUT2D eigenvalue weighted by Gasteiger charge is -2.22. The third-order valence-electron chi connectivity index (χ3n) is 4.84. The minimum Gasteiger partial charge on any atom is -0.368 e. The van der Waals surface area contributed by atoms with E-state index >= 15 is 0 Å². The Morgan fingerprint density at radius 1 is 1.35 bits per heavy atom. The number of carbonyl (C=O) groups is 1. The van der Waals surface area contributed by atoms with Gasteiger partial charge in [-0.3, -0.25) is 9.69 Å². The van der Waals surface area contributed by atoms with E-state index in [9.17, 15) is 4.79 Å². The van der Waals surface area contributed by atoms with Gasteiger partial charge in [-0.1, -0.05) is 0 Å². The number of fused-ring (bicyclic) bond motifs is 1. The minimum atomic E-state index is -0.254. The van der Waals surface area contributed by atoms with Gasteiger partial charge in [0, 0.05) is 25.7 Å². The smallest absolute Gasteiger partial charge is 0.252 e. The maximum absolute atomic E-state index is 12.6. The van der Waals surface area contributed by atoms with Crippen molar-refractivity contribution in [2.24, 2.45) is 0 Å². The lowest BCUT2D eigenvalue weighted by molar-refractivity contribution is -0.141. The summed E-state index contributed by atoms with van der Waals surface area (Å²) in [7, 11) is 2.09. The van der Waals surface area contributed by atoms with Crippen LogP contribution in [0.3, 0.4) is 0 Å². The predicted molar refractivity (Wildman–Crippen MR) is 85.6 cm³/mol. The van der Waals surface area contributed by atoms with Crippen LogP contribution in [0.15, 0.2) is 0 Å². The molecule has 3 heterocycles. The number of carbonyl (C=O) groups excluding carboxylic acids is 1. The quantitative estimate of drug-likeness (QED) is 0.829. The lowest BCUT2D eigenvalue weighted by atomic mass is 10.2. The zero-order chi connectivity index (χ0) is 16.4. The number of hydrogen-bond donors (Lipinski definition) is 0. The molecule has 0 aliphatic carbocycles. The van der Waals surface area contributed by atoms with Crippen molar-refractivity contribution in [1.29, 1.82) is 0 Å². The number of hydrogen-bond acceptors (Lipinski definition) is 5. The molecule has 0 radical (unpaired) electrons. The van der Waals surface area contributed by atoms with Gasteiger partial charge in [-0.25, -0.2) is 0 Å². The molecule has 0 unspecified atom stereocenters. The molecule has 23 heavy (non-hydrogen) atoms. The first kappa shape index (κ1) is 16.4. The molecular weight excluding hydrogens is 294 g/mol. The van der Waals surface area contributed by atoms with E-state index < -0.39 is 0 Å². The summed E-state index contributed by atoms with van der Waals surface area (Å²) in [4.78, 5) is 16.7. The highest BCUT2D eigenvalue weighted by molar-refractivity contribution is 5.81. The Hall–Kier alpha value is -1.47. The largest absolute Gasteiger partial charge is 0.368 e. The summed E-state index contributed by atoms with van der Waals surface area (Å²) in [5.41, 5.74) is 0. The summed E-state index contributed by atoms with van der Waals surface area (Å²) in [6.45, 7) is 8.00. The molecule has 7 heteroatoms. The van der Waals surface area contributed by atoms with Gasteiger partial charge in [-0.2, -0.15) is 0 Å². The molecule has 1 fully saturated rings. The van der Waals surface area contributed by atoms with Gasteiger partial charge in [0.15, 0.2) is 5.82 Å². The van der Waals surface area contributed by atoms with Crippen LogP contribution in [0.1, 0.15) is 44.8 Å². The average Bonchev–Trinajstić information content (AvgIpc) is 3.12. The molecule has 3 rings (SSSR count). The maximum atomic E-state index is 12.6. The van der Waals surface area contributed by atoms with Crippen LogP contribution in [0.5, 0.6) is 0 Å². The van der Waals surface area contributed by atoms with Crippen LogP contribution in [-0.2, 0) is 29.2 Å². The predicted octanol–water partition coefficient (Wildman–Crippen LogP) is 1.03. The molecule has 1 aromatic rings. The van der Waals surface area contributed by atoms with Gasteiger partial charge in [0.25, 0.3) is 5.91 Å². The first-order valence-corrected chi connectivity index (χ1v) is 8.58. The van der Waals surface area contributed by atoms with Crippen molar-refractivity contribution in [2.45, 2.75) is 64.9 Å². The molecule has 0 N–H and O–H groups in total. The highest BCUT2D eigenvalue weighted by atomic mass is 16.5. The molecule has 1 amide bonds. The van der Waals surface area contributed by atoms with Gasteiger partial charge in [0.1, 0.15) is 11.9 Å². The van der Waals surface area contributed by atoms with Gasteiger partial charge in [-0.15, -0.1) is 10.2 Å². The molecule has 0 bridgehead atoms. The minimum absolute atomic E-state index is 0.111. The Bertz CT molecular complexity index is 551. The second-order valence-electron chi connectivity index (χ2n) is 6.81. The van der Waals surface area contributed by atoms with E-state index in [4.69, 9.17) is 4.74 Å². The SMILES string of the molecule is CC(C)N(C)Cc1nnc2n1CCCN(C(=O)[C@H]1CCCO1)C2. The molecule has 0 saturated carbocycles. The highest BCUT2D eigenvalue weighted by Crippen LogP contribution is 2.19. The van der Waals surface area contributed by atoms with Crippen LogP contribution in [-0.4, -0.2) is 62.8 Å². The van der Waals surface area contributed by atoms with E-state index in [0.717, 1.165) is 50.5 Å². The maximum Gasteiger partial charge on any atom is 0.252 e. The average molecular weight is 321 g/mol. The van der Waals surface area contributed by atoms with E-state index in [1.54, 1.807) is 0 Å². The van der Waals surface area contributed by atoms with E-state index in [1.807, 2.05) is 4.90 Å². The van der Waals surface area contributed by atoms with Crippen molar-refractivity contribution in [3.8, 4) is 0 Å². The fourth-order valence-corrected chi connectivity index (χ4v) is 3.10. The third kappa shape index (κ3) is 3.55. The van der Waals surface area contributed by atoms with Crippen molar-refractivity contribution in [3.63, 3.8) is 0 Å². The zero-order valence-electron chi connectivity index (χ0n) is 14.4. The van der Waals surface area contributed by atoms with Crippen molar-refractivity contribution < 1.29 is 9.53 Å². The van der Waals surface area contributed by atoms with E-state index in [-0.39, 0.29) is 12.0 Å². The Morgan fingerprint density at radius 2 is 2.17 bits per heavy atom. The summed E-state index contributed by atoms with van der Waals surface area (Å²) < 4.78 is 7.72. The molecule has 1 atom stereocenters. The topological polar surface area (TPSA) is 63.5 Å². The first-order valence-electron chi connectivity index (χ1n) is 8.58. The Kier molecular flexibility index (Phi) is 4.96. The number of aromatic nitrogens is 3. The van der Waals surface area contributed by atoms with Gasteiger partial charge in [0.05, 0.1) is 13.1 Å². The molecule has 1 aromatic heterocycles. The second kappa shape index (κ2) is 6.97. The van der Waals surface area contributed by atoms with Crippen LogP contribution in [0.4, 0.5) is 0 Å². The number of ether oxygens (including phenoxy) is 1. The number of rotatable bonds is 4. The van der Waals surface area contributed by atoms with Gasteiger partial charge in [0.2, 0.25) is 0 Å². The summed E-state index contributed by atoms with van der Waals surface area (Å²) >= 11 is 0. The van der Waals surface area contributed by atoms with Crippen molar-refractivity contribution >= 4 is 5.91 Å². The van der Waals surface area contributed by atoms with E-state index in [1.165, 1.54) is 0 Å². The third-order valence-corrected chi connectivity index (χ3v) is 4.84. The van der Waals surface area contributed by atoms with Crippen LogP contribution >= 0.6 is 0 Å². The fraction of sp³-hybridized carbons (Fsp3) is 0.812. The summed E-state index contributed by atoms with van der Waals surface area (Å²) in [6, 6.07) is 0.464. The van der Waals surface area contributed by atoms with Crippen LogP contribution in [0.2, 0.25) is 0 Å². The second-order valence-corrected chi connectivity index (χ2v) is 6.81. The first-order chi connectivity index (χ1) is 11.1. The van der Waals surface area contributed by atoms with E-state index in [2.05, 4.69) is 40.6 Å². The van der Waals surface area contributed by atoms with Crippen molar-refractivity contribution in [3.05, 3.63) is 11.6 Å². The Balaban J connectivity index is 1.71. The van der Waals surface area contributed by atoms with Crippen LogP contribution in [0, 0.1) is 0 Å². The van der Waals surface area contributed by atoms with Crippen molar-refractivity contribution in [1.82, 2.24) is 24.6 Å². The van der Waals surface area contributed by atoms with Crippen LogP contribution in [0.25, 0.3) is 0 Å². The lowest BCUT2D eigenvalue weighted by Crippen LogP contribution is -2.38. The number of nitrogens with zero attached hydrogens (tertiary/aromatic N) is 5. The fourth-order valence-electron chi connectivity index (χ4n) is 3.10. The summed E-state index contributed by atoms with van der Waals surface area (Å²) in [5.74, 6) is 1.99. The zero-order valence-corrected chi connectivity index (χ0v) is 14.4. The molecule has 2 aliphatic heterocycles. The standard InChI is InChI=1S/C16H27N5O2/c1-12(2)19(3)10-14-17-18-15-11-20(7-5-8-21(14)15)16(22)13-6-4-9-23-13/h12-13H,4-11H2,1-3H3/t13-/m1/s1. The van der Waals surface area contributed by atoms with Gasteiger partial charge < -0.3 is 14.2 Å².